The number of hydrogen-bond donors (Lipinski definition) is 0. The second-order valence-corrected chi connectivity index (χ2v) is 28.6. The summed E-state index contributed by atoms with van der Waals surface area (Å²) in [5.41, 5.74) is 21.7. The first-order valence-corrected chi connectivity index (χ1v) is 34.3. The van der Waals surface area contributed by atoms with E-state index < -0.39 is 10.8 Å². The standard InChI is InChI=1S/C94H78F2N2O2/c1-11-63-23-47-77(48-24-63)99-79-51-35-69(36-52-79)93(67-31-27-65(28-32-67)91(5,6)7)85-19-15-13-17-81(85)83-55-45-73(57-87(83)93)97(75-39-21-61(3)89(95)59-75)71-41-43-72(44-42-71)98(76-40-22-62(4)90(96)60-76)74-46-56-84-82-18-14-16-20-86(82)94(88(84)58-74,68-33-29-66(30-34-68)92(8,9)10)70-37-53-80(54-38-70)100-78-49-25-64(12-2)26-50-78/h11-60H,1-2H2,3-10H3. The summed E-state index contributed by atoms with van der Waals surface area (Å²) < 4.78 is 45.8. The normalized spacial score (nSPS) is 15.1. The maximum atomic E-state index is 16.4. The van der Waals surface area contributed by atoms with Gasteiger partial charge in [0.05, 0.1) is 10.8 Å². The SMILES string of the molecule is C=Cc1ccc(Oc2ccc(C3(c4ccc(C(C)(C)C)cc4)c4ccccc4-c4ccc(N(c5ccc(N(c6ccc(C)c(F)c6)c6ccc7c(c6)C(c6ccc(Oc8ccc(C=C)cc8)cc6)(c6ccc(C(C)(C)C)cc6)c6ccccc6-7)cc5)c5ccc(C)c(F)c5)cc43)cc2)cc1. The molecule has 0 saturated carbocycles. The molecule has 0 aliphatic heterocycles. The van der Waals surface area contributed by atoms with E-state index in [9.17, 15) is 0 Å². The number of nitrogens with zero attached hydrogens (tertiary/aromatic N) is 2. The Balaban J connectivity index is 0.882. The Kier molecular flexibility index (Phi) is 16.3. The quantitative estimate of drug-likeness (QED) is 0.0963. The van der Waals surface area contributed by atoms with Crippen LogP contribution in [0.3, 0.4) is 0 Å². The fourth-order valence-corrected chi connectivity index (χ4v) is 15.1. The van der Waals surface area contributed by atoms with Gasteiger partial charge in [-0.15, -0.1) is 0 Å². The zero-order chi connectivity index (χ0) is 69.2. The van der Waals surface area contributed by atoms with Gasteiger partial charge in [-0.2, -0.15) is 0 Å². The van der Waals surface area contributed by atoms with Gasteiger partial charge in [0.1, 0.15) is 34.6 Å². The third-order valence-corrected chi connectivity index (χ3v) is 20.4. The Labute approximate surface area is 587 Å². The predicted octanol–water partition coefficient (Wildman–Crippen LogP) is 25.7. The summed E-state index contributed by atoms with van der Waals surface area (Å²) in [4.78, 5) is 4.29. The number of fused-ring (bicyclic) bond motifs is 6. The average Bonchev–Trinajstić information content (AvgIpc) is 1.53. The van der Waals surface area contributed by atoms with Gasteiger partial charge < -0.3 is 19.3 Å². The molecule has 0 aromatic heterocycles. The van der Waals surface area contributed by atoms with E-state index in [2.05, 4.69) is 271 Å². The Hall–Kier alpha value is -11.6. The molecule has 15 rings (SSSR count). The second kappa shape index (κ2) is 25.4. The first kappa shape index (κ1) is 64.4. The fourth-order valence-electron chi connectivity index (χ4n) is 15.1. The highest BCUT2D eigenvalue weighted by Crippen LogP contribution is 2.60. The minimum atomic E-state index is -0.804. The van der Waals surface area contributed by atoms with Crippen molar-refractivity contribution in [3.05, 3.63) is 394 Å². The van der Waals surface area contributed by atoms with Crippen molar-refractivity contribution < 1.29 is 18.3 Å². The molecule has 490 valence electrons. The second-order valence-electron chi connectivity index (χ2n) is 28.6. The monoisotopic (exact) mass is 1300 g/mol. The van der Waals surface area contributed by atoms with Crippen LogP contribution in [0.5, 0.6) is 23.0 Å². The fraction of sp³-hybridized carbons (Fsp3) is 0.128. The number of rotatable bonds is 16. The van der Waals surface area contributed by atoms with Gasteiger partial charge in [-0.25, -0.2) is 8.78 Å². The molecule has 0 N–H and O–H groups in total. The van der Waals surface area contributed by atoms with Crippen LogP contribution >= 0.6 is 0 Å². The van der Waals surface area contributed by atoms with Crippen molar-refractivity contribution in [1.82, 2.24) is 0 Å². The largest absolute Gasteiger partial charge is 0.457 e. The van der Waals surface area contributed by atoms with Crippen molar-refractivity contribution in [2.45, 2.75) is 77.0 Å². The topological polar surface area (TPSA) is 24.9 Å². The van der Waals surface area contributed by atoms with Crippen LogP contribution in [0.2, 0.25) is 0 Å². The van der Waals surface area contributed by atoms with Gasteiger partial charge in [0.15, 0.2) is 0 Å². The highest BCUT2D eigenvalue weighted by molar-refractivity contribution is 5.92. The van der Waals surface area contributed by atoms with Crippen LogP contribution in [-0.2, 0) is 21.7 Å². The number of hydrogen-bond acceptors (Lipinski definition) is 4. The van der Waals surface area contributed by atoms with Crippen molar-refractivity contribution in [3.8, 4) is 45.3 Å². The Morgan fingerprint density at radius 1 is 0.310 bits per heavy atom. The van der Waals surface area contributed by atoms with Gasteiger partial charge in [-0.05, 0) is 246 Å². The molecule has 13 aromatic carbocycles. The number of halogens is 2. The summed E-state index contributed by atoms with van der Waals surface area (Å²) in [6.07, 6.45) is 3.65. The van der Waals surface area contributed by atoms with Crippen molar-refractivity contribution in [2.75, 3.05) is 9.80 Å². The molecular weight excluding hydrogens is 1230 g/mol. The molecule has 0 saturated heterocycles. The molecule has 0 heterocycles. The molecule has 0 spiro atoms. The Morgan fingerprint density at radius 2 is 0.590 bits per heavy atom. The van der Waals surface area contributed by atoms with E-state index in [1.165, 1.54) is 11.1 Å². The van der Waals surface area contributed by atoms with Crippen LogP contribution in [0.25, 0.3) is 34.4 Å². The van der Waals surface area contributed by atoms with Crippen LogP contribution in [0.4, 0.5) is 42.9 Å². The summed E-state index contributed by atoms with van der Waals surface area (Å²) in [7, 11) is 0. The van der Waals surface area contributed by atoms with Gasteiger partial charge >= 0.3 is 0 Å². The van der Waals surface area contributed by atoms with Gasteiger partial charge in [-0.1, -0.05) is 237 Å². The summed E-state index contributed by atoms with van der Waals surface area (Å²) in [6.45, 7) is 24.9. The van der Waals surface area contributed by atoms with E-state index >= 15 is 8.78 Å². The maximum Gasteiger partial charge on any atom is 0.128 e. The smallest absolute Gasteiger partial charge is 0.128 e. The molecule has 2 atom stereocenters. The van der Waals surface area contributed by atoms with Crippen LogP contribution < -0.4 is 19.3 Å². The molecule has 0 amide bonds. The van der Waals surface area contributed by atoms with E-state index in [0.717, 1.165) is 112 Å². The lowest BCUT2D eigenvalue weighted by Crippen LogP contribution is -2.29. The first-order chi connectivity index (χ1) is 48.3. The third kappa shape index (κ3) is 11.3. The molecule has 0 fully saturated rings. The van der Waals surface area contributed by atoms with E-state index in [1.54, 1.807) is 26.0 Å². The van der Waals surface area contributed by atoms with Crippen LogP contribution in [0.1, 0.15) is 119 Å². The summed E-state index contributed by atoms with van der Waals surface area (Å²) in [5.74, 6) is 2.27. The predicted molar refractivity (Wildman–Crippen MR) is 410 cm³/mol. The highest BCUT2D eigenvalue weighted by atomic mass is 19.1. The minimum absolute atomic E-state index is 0.0798. The molecule has 2 aliphatic rings. The lowest BCUT2D eigenvalue weighted by atomic mass is 9.67. The molecule has 100 heavy (non-hydrogen) atoms. The summed E-state index contributed by atoms with van der Waals surface area (Å²) in [5, 5.41) is 0. The van der Waals surface area contributed by atoms with Gasteiger partial charge in [-0.3, -0.25) is 0 Å². The molecular formula is C94H78F2N2O2. The summed E-state index contributed by atoms with van der Waals surface area (Å²) >= 11 is 0. The van der Waals surface area contributed by atoms with Crippen molar-refractivity contribution in [2.24, 2.45) is 0 Å². The van der Waals surface area contributed by atoms with Crippen molar-refractivity contribution in [1.29, 1.82) is 0 Å². The van der Waals surface area contributed by atoms with E-state index in [4.69, 9.17) is 9.47 Å². The zero-order valence-electron chi connectivity index (χ0n) is 57.7. The molecule has 0 bridgehead atoms. The van der Waals surface area contributed by atoms with Gasteiger partial charge in [0.2, 0.25) is 0 Å². The molecule has 4 nitrogen and oxygen atoms in total. The number of aryl methyl sites for hydroxylation is 2. The van der Waals surface area contributed by atoms with Crippen LogP contribution in [0.15, 0.2) is 304 Å². The average molecular weight is 1310 g/mol. The van der Waals surface area contributed by atoms with Crippen LogP contribution in [-0.4, -0.2) is 0 Å². The highest BCUT2D eigenvalue weighted by Gasteiger charge is 2.48. The van der Waals surface area contributed by atoms with Crippen LogP contribution in [0, 0.1) is 25.5 Å². The van der Waals surface area contributed by atoms with Gasteiger partial charge in [0.25, 0.3) is 0 Å². The minimum Gasteiger partial charge on any atom is -0.457 e. The zero-order valence-corrected chi connectivity index (χ0v) is 57.7. The molecule has 2 unspecified atom stereocenters. The number of benzene rings is 13. The maximum absolute atomic E-state index is 16.4. The Bertz CT molecular complexity index is 4930. The number of anilines is 6. The molecule has 2 aliphatic carbocycles. The van der Waals surface area contributed by atoms with Crippen molar-refractivity contribution in [3.63, 3.8) is 0 Å². The Morgan fingerprint density at radius 3 is 0.910 bits per heavy atom. The molecule has 13 aromatic rings. The lowest BCUT2D eigenvalue weighted by molar-refractivity contribution is 0.482. The van der Waals surface area contributed by atoms with E-state index in [-0.39, 0.29) is 22.5 Å². The first-order valence-electron chi connectivity index (χ1n) is 34.3. The molecule has 6 heteroatoms. The lowest BCUT2D eigenvalue weighted by Gasteiger charge is -2.36. The molecule has 0 radical (unpaired) electrons. The third-order valence-electron chi connectivity index (χ3n) is 20.4. The van der Waals surface area contributed by atoms with Gasteiger partial charge in [0, 0.05) is 34.1 Å². The van der Waals surface area contributed by atoms with E-state index in [0.29, 0.717) is 34.0 Å². The van der Waals surface area contributed by atoms with E-state index in [1.807, 2.05) is 84.9 Å². The van der Waals surface area contributed by atoms with Crippen molar-refractivity contribution >= 4 is 46.3 Å². The summed E-state index contributed by atoms with van der Waals surface area (Å²) in [6, 6.07) is 101. The number of ether oxygens (including phenoxy) is 2.